The van der Waals surface area contributed by atoms with Crippen LogP contribution >= 0.6 is 0 Å². The van der Waals surface area contributed by atoms with Crippen LogP contribution in [0.2, 0.25) is 0 Å². The molecule has 0 radical (unpaired) electrons. The van der Waals surface area contributed by atoms with Crippen LogP contribution in [0.4, 0.5) is 0 Å². The lowest BCUT2D eigenvalue weighted by molar-refractivity contribution is -0.290. The van der Waals surface area contributed by atoms with E-state index < -0.39 is 0 Å². The van der Waals surface area contributed by atoms with Gasteiger partial charge in [-0.3, -0.25) is 0 Å². The van der Waals surface area contributed by atoms with Crippen LogP contribution in [-0.2, 0) is 19.0 Å². The molecule has 0 unspecified atom stereocenters. The molecule has 0 N–H and O–H groups in total. The Labute approximate surface area is 95.6 Å². The Morgan fingerprint density at radius 3 is 2.38 bits per heavy atom. The first-order valence-electron chi connectivity index (χ1n) is 5.76. The molecule has 1 heterocycles. The van der Waals surface area contributed by atoms with Crippen molar-refractivity contribution >= 4 is 5.97 Å². The van der Waals surface area contributed by atoms with Crippen molar-refractivity contribution in [1.29, 1.82) is 0 Å². The number of ether oxygens (including phenoxy) is 3. The van der Waals surface area contributed by atoms with Gasteiger partial charge in [0.2, 0.25) is 0 Å². The summed E-state index contributed by atoms with van der Waals surface area (Å²) in [7, 11) is 0. The molecule has 0 aromatic rings. The lowest BCUT2D eigenvalue weighted by Gasteiger charge is -2.37. The second-order valence-corrected chi connectivity index (χ2v) is 4.55. The first-order valence-corrected chi connectivity index (χ1v) is 5.76. The molecule has 1 saturated heterocycles. The Morgan fingerprint density at radius 1 is 1.31 bits per heavy atom. The molecule has 2 fully saturated rings. The van der Waals surface area contributed by atoms with E-state index in [9.17, 15) is 4.79 Å². The van der Waals surface area contributed by atoms with E-state index in [1.54, 1.807) is 6.92 Å². The van der Waals surface area contributed by atoms with Crippen molar-refractivity contribution in [3.8, 4) is 0 Å². The van der Waals surface area contributed by atoms with Crippen molar-refractivity contribution in [3.05, 3.63) is 12.2 Å². The van der Waals surface area contributed by atoms with Gasteiger partial charge in [-0.1, -0.05) is 6.58 Å². The minimum absolute atomic E-state index is 0.296. The van der Waals surface area contributed by atoms with Crippen molar-refractivity contribution in [1.82, 2.24) is 0 Å². The highest BCUT2D eigenvalue weighted by molar-refractivity contribution is 5.87. The van der Waals surface area contributed by atoms with Gasteiger partial charge in [-0.05, 0) is 19.8 Å². The van der Waals surface area contributed by atoms with Gasteiger partial charge in [0.05, 0.1) is 13.2 Å². The summed E-state index contributed by atoms with van der Waals surface area (Å²) in [5, 5.41) is 0. The van der Waals surface area contributed by atoms with Crippen LogP contribution < -0.4 is 0 Å². The highest BCUT2D eigenvalue weighted by Crippen LogP contribution is 2.36. The summed E-state index contributed by atoms with van der Waals surface area (Å²) in [6.07, 6.45) is 3.91. The zero-order valence-corrected chi connectivity index (χ0v) is 9.66. The number of carbonyl (C=O) groups excluding carboxylic acids is 1. The first-order chi connectivity index (χ1) is 7.61. The molecular formula is C12H18O4. The lowest BCUT2D eigenvalue weighted by atomic mass is 10.2. The summed E-state index contributed by atoms with van der Waals surface area (Å²) in [6, 6.07) is 0. The Morgan fingerprint density at radius 2 is 1.88 bits per heavy atom. The molecule has 2 rings (SSSR count). The second kappa shape index (κ2) is 4.55. The third-order valence-corrected chi connectivity index (χ3v) is 3.05. The van der Waals surface area contributed by atoms with Gasteiger partial charge in [0.15, 0.2) is 5.79 Å². The lowest BCUT2D eigenvalue weighted by Crippen LogP contribution is -2.46. The van der Waals surface area contributed by atoms with Gasteiger partial charge >= 0.3 is 5.97 Å². The molecule has 2 aliphatic rings. The predicted molar refractivity (Wildman–Crippen MR) is 57.8 cm³/mol. The van der Waals surface area contributed by atoms with Crippen molar-refractivity contribution in [2.24, 2.45) is 0 Å². The SMILES string of the molecule is C=C(C)C(=O)OC1COC2(CCCC2)OC1. The number of carbonyl (C=O) groups is 1. The molecule has 90 valence electrons. The van der Waals surface area contributed by atoms with Gasteiger partial charge < -0.3 is 14.2 Å². The Balaban J connectivity index is 1.81. The molecule has 0 bridgehead atoms. The van der Waals surface area contributed by atoms with Crippen LogP contribution in [0.15, 0.2) is 12.2 Å². The summed E-state index contributed by atoms with van der Waals surface area (Å²) in [5.41, 5.74) is 0.404. The standard InChI is InChI=1S/C12H18O4/c1-9(2)11(13)16-10-7-14-12(15-8-10)5-3-4-6-12/h10H,1,3-8H2,2H3. The maximum atomic E-state index is 11.3. The number of hydrogen-bond acceptors (Lipinski definition) is 4. The minimum atomic E-state index is -0.383. The van der Waals surface area contributed by atoms with E-state index >= 15 is 0 Å². The smallest absolute Gasteiger partial charge is 0.333 e. The zero-order valence-electron chi connectivity index (χ0n) is 9.66. The van der Waals surface area contributed by atoms with Crippen LogP contribution in [0, 0.1) is 0 Å². The largest absolute Gasteiger partial charge is 0.454 e. The van der Waals surface area contributed by atoms with Crippen molar-refractivity contribution < 1.29 is 19.0 Å². The summed E-state index contributed by atoms with van der Waals surface area (Å²) < 4.78 is 16.5. The quantitative estimate of drug-likeness (QED) is 0.532. The van der Waals surface area contributed by atoms with Crippen LogP contribution in [0.25, 0.3) is 0 Å². The molecular weight excluding hydrogens is 208 g/mol. The highest BCUT2D eigenvalue weighted by atomic mass is 16.7. The first kappa shape index (κ1) is 11.6. The molecule has 0 aromatic carbocycles. The number of rotatable bonds is 2. The van der Waals surface area contributed by atoms with Crippen LogP contribution in [0.1, 0.15) is 32.6 Å². The third kappa shape index (κ3) is 2.44. The molecule has 1 aliphatic heterocycles. The Kier molecular flexibility index (Phi) is 3.30. The molecule has 0 amide bonds. The van der Waals surface area contributed by atoms with E-state index in [2.05, 4.69) is 6.58 Å². The molecule has 1 spiro atoms. The summed E-state index contributed by atoms with van der Waals surface area (Å²) in [6.45, 7) is 6.02. The molecule has 0 atom stereocenters. The monoisotopic (exact) mass is 226 g/mol. The fraction of sp³-hybridized carbons (Fsp3) is 0.750. The summed E-state index contributed by atoms with van der Waals surface area (Å²) >= 11 is 0. The predicted octanol–water partition coefficient (Wildman–Crippen LogP) is 1.79. The molecule has 1 saturated carbocycles. The molecule has 16 heavy (non-hydrogen) atoms. The van der Waals surface area contributed by atoms with E-state index in [0.717, 1.165) is 25.7 Å². The summed E-state index contributed by atoms with van der Waals surface area (Å²) in [4.78, 5) is 11.3. The van der Waals surface area contributed by atoms with Gasteiger partial charge in [-0.15, -0.1) is 0 Å². The van der Waals surface area contributed by atoms with E-state index in [0.29, 0.717) is 18.8 Å². The van der Waals surface area contributed by atoms with Crippen LogP contribution in [0.3, 0.4) is 0 Å². The van der Waals surface area contributed by atoms with E-state index in [-0.39, 0.29) is 17.9 Å². The van der Waals surface area contributed by atoms with Gasteiger partial charge in [-0.2, -0.15) is 0 Å². The van der Waals surface area contributed by atoms with Crippen molar-refractivity contribution in [2.75, 3.05) is 13.2 Å². The minimum Gasteiger partial charge on any atom is -0.454 e. The Bertz CT molecular complexity index is 281. The molecule has 0 aromatic heterocycles. The van der Waals surface area contributed by atoms with Gasteiger partial charge in [0, 0.05) is 18.4 Å². The normalized spacial score (nSPS) is 24.6. The fourth-order valence-electron chi connectivity index (χ4n) is 2.10. The zero-order chi connectivity index (χ0) is 11.6. The van der Waals surface area contributed by atoms with Crippen molar-refractivity contribution in [2.45, 2.75) is 44.5 Å². The average molecular weight is 226 g/mol. The maximum absolute atomic E-state index is 11.3. The van der Waals surface area contributed by atoms with Crippen LogP contribution in [-0.4, -0.2) is 31.1 Å². The maximum Gasteiger partial charge on any atom is 0.333 e. The third-order valence-electron chi connectivity index (χ3n) is 3.05. The van der Waals surface area contributed by atoms with E-state index in [1.807, 2.05) is 0 Å². The van der Waals surface area contributed by atoms with Crippen molar-refractivity contribution in [3.63, 3.8) is 0 Å². The van der Waals surface area contributed by atoms with Crippen LogP contribution in [0.5, 0.6) is 0 Å². The average Bonchev–Trinajstić information content (AvgIpc) is 2.70. The van der Waals surface area contributed by atoms with Gasteiger partial charge in [-0.25, -0.2) is 4.79 Å². The molecule has 4 nitrogen and oxygen atoms in total. The van der Waals surface area contributed by atoms with Gasteiger partial charge in [0.25, 0.3) is 0 Å². The topological polar surface area (TPSA) is 44.8 Å². The number of hydrogen-bond donors (Lipinski definition) is 0. The Hall–Kier alpha value is -0.870. The van der Waals surface area contributed by atoms with Gasteiger partial charge in [0.1, 0.15) is 6.10 Å². The fourth-order valence-corrected chi connectivity index (χ4v) is 2.10. The highest BCUT2D eigenvalue weighted by Gasteiger charge is 2.41. The van der Waals surface area contributed by atoms with E-state index in [4.69, 9.17) is 14.2 Å². The number of esters is 1. The summed E-state index contributed by atoms with van der Waals surface area (Å²) in [5.74, 6) is -0.758. The second-order valence-electron chi connectivity index (χ2n) is 4.55. The molecule has 4 heteroatoms. The van der Waals surface area contributed by atoms with E-state index in [1.165, 1.54) is 0 Å². The molecule has 1 aliphatic carbocycles.